The molecule has 2 nitrogen and oxygen atoms in total. The number of aromatic nitrogens is 1. The number of benzene rings is 1. The van der Waals surface area contributed by atoms with Gasteiger partial charge in [-0.25, -0.2) is 0 Å². The quantitative estimate of drug-likeness (QED) is 0.639. The maximum Gasteiger partial charge on any atom is 0.180 e. The molecule has 1 aromatic heterocycles. The van der Waals surface area contributed by atoms with Gasteiger partial charge in [-0.05, 0) is 17.5 Å². The fourth-order valence-corrected chi connectivity index (χ4v) is 2.74. The molecule has 0 bridgehead atoms. The van der Waals surface area contributed by atoms with E-state index in [-0.39, 0.29) is 5.78 Å². The van der Waals surface area contributed by atoms with E-state index in [9.17, 15) is 4.79 Å². The fraction of sp³-hybridized carbons (Fsp3) is 0.308. The zero-order chi connectivity index (χ0) is 10.6. The van der Waals surface area contributed by atoms with E-state index in [1.807, 2.05) is 23.7 Å². The average molecular weight is 199 g/mol. The summed E-state index contributed by atoms with van der Waals surface area (Å²) in [6.07, 6.45) is 0.670. The summed E-state index contributed by atoms with van der Waals surface area (Å²) in [7, 11) is 1.98. The minimum absolute atomic E-state index is 0.288. The van der Waals surface area contributed by atoms with Gasteiger partial charge >= 0.3 is 0 Å². The Labute approximate surface area is 88.5 Å². The third-order valence-corrected chi connectivity index (χ3v) is 3.39. The zero-order valence-corrected chi connectivity index (χ0v) is 8.95. The largest absolute Gasteiger partial charge is 0.341 e. The van der Waals surface area contributed by atoms with Crippen LogP contribution in [0.1, 0.15) is 35.3 Å². The van der Waals surface area contributed by atoms with Gasteiger partial charge in [0.05, 0.1) is 5.69 Å². The highest BCUT2D eigenvalue weighted by atomic mass is 16.1. The standard InChI is InChI=1S/C13H13NO/c1-8-7-11(15)13-12(8)9-5-3-4-6-10(9)14(13)2/h3-6,8H,7H2,1-2H3. The second-order valence-corrected chi connectivity index (χ2v) is 4.37. The van der Waals surface area contributed by atoms with Crippen molar-refractivity contribution in [2.24, 2.45) is 7.05 Å². The van der Waals surface area contributed by atoms with Gasteiger partial charge in [-0.1, -0.05) is 25.1 Å². The molecule has 1 aromatic carbocycles. The predicted molar refractivity (Wildman–Crippen MR) is 60.3 cm³/mol. The number of para-hydroxylation sites is 1. The van der Waals surface area contributed by atoms with Crippen molar-refractivity contribution in [1.82, 2.24) is 4.57 Å². The lowest BCUT2D eigenvalue weighted by atomic mass is 10.0. The molecule has 0 amide bonds. The lowest BCUT2D eigenvalue weighted by Gasteiger charge is -2.01. The SMILES string of the molecule is CC1CC(=O)c2c1c1ccccc1n2C. The van der Waals surface area contributed by atoms with Crippen LogP contribution in [0.2, 0.25) is 0 Å². The minimum Gasteiger partial charge on any atom is -0.341 e. The second-order valence-electron chi connectivity index (χ2n) is 4.37. The summed E-state index contributed by atoms with van der Waals surface area (Å²) in [4.78, 5) is 11.8. The Hall–Kier alpha value is -1.57. The first-order valence-corrected chi connectivity index (χ1v) is 5.30. The highest BCUT2D eigenvalue weighted by Crippen LogP contribution is 2.39. The van der Waals surface area contributed by atoms with Gasteiger partial charge in [0, 0.05) is 24.4 Å². The average Bonchev–Trinajstić information content (AvgIpc) is 2.68. The zero-order valence-electron chi connectivity index (χ0n) is 8.95. The number of fused-ring (bicyclic) bond motifs is 3. The molecule has 1 heterocycles. The van der Waals surface area contributed by atoms with Crippen LogP contribution in [-0.4, -0.2) is 10.4 Å². The lowest BCUT2D eigenvalue weighted by Crippen LogP contribution is -2.01. The summed E-state index contributed by atoms with van der Waals surface area (Å²) in [5.41, 5.74) is 3.34. The predicted octanol–water partition coefficient (Wildman–Crippen LogP) is 2.87. The summed E-state index contributed by atoms with van der Waals surface area (Å²) in [6, 6.07) is 8.25. The molecule has 15 heavy (non-hydrogen) atoms. The first-order chi connectivity index (χ1) is 7.20. The van der Waals surface area contributed by atoms with Crippen molar-refractivity contribution < 1.29 is 4.79 Å². The number of hydrogen-bond acceptors (Lipinski definition) is 1. The van der Waals surface area contributed by atoms with Gasteiger partial charge in [0.1, 0.15) is 0 Å². The molecule has 3 rings (SSSR count). The van der Waals surface area contributed by atoms with Crippen molar-refractivity contribution in [3.8, 4) is 0 Å². The summed E-state index contributed by atoms with van der Waals surface area (Å²) in [5, 5.41) is 1.24. The van der Waals surface area contributed by atoms with Gasteiger partial charge in [-0.3, -0.25) is 4.79 Å². The summed E-state index contributed by atoms with van der Waals surface area (Å²) < 4.78 is 2.04. The number of rotatable bonds is 0. The van der Waals surface area contributed by atoms with Crippen molar-refractivity contribution >= 4 is 16.7 Å². The molecule has 2 aromatic rings. The maximum atomic E-state index is 11.8. The number of nitrogens with zero attached hydrogens (tertiary/aromatic N) is 1. The van der Waals surface area contributed by atoms with Crippen molar-refractivity contribution in [2.45, 2.75) is 19.3 Å². The Morgan fingerprint density at radius 3 is 2.87 bits per heavy atom. The molecule has 0 radical (unpaired) electrons. The van der Waals surface area contributed by atoms with Gasteiger partial charge in [-0.2, -0.15) is 0 Å². The number of Topliss-reactive ketones (excluding diaryl/α,β-unsaturated/α-hetero) is 1. The third-order valence-electron chi connectivity index (χ3n) is 3.39. The van der Waals surface area contributed by atoms with Crippen molar-refractivity contribution in [2.75, 3.05) is 0 Å². The molecule has 0 fully saturated rings. The van der Waals surface area contributed by atoms with E-state index in [1.54, 1.807) is 0 Å². The molecular weight excluding hydrogens is 186 g/mol. The number of carbonyl (C=O) groups is 1. The van der Waals surface area contributed by atoms with Crippen LogP contribution >= 0.6 is 0 Å². The molecule has 1 aliphatic carbocycles. The Morgan fingerprint density at radius 2 is 2.07 bits per heavy atom. The van der Waals surface area contributed by atoms with Crippen LogP contribution in [0.25, 0.3) is 10.9 Å². The maximum absolute atomic E-state index is 11.8. The highest BCUT2D eigenvalue weighted by Gasteiger charge is 2.31. The van der Waals surface area contributed by atoms with Crippen LogP contribution in [0, 0.1) is 0 Å². The van der Waals surface area contributed by atoms with Crippen LogP contribution in [-0.2, 0) is 7.05 Å². The number of ketones is 1. The molecule has 76 valence electrons. The van der Waals surface area contributed by atoms with Crippen LogP contribution in [0.15, 0.2) is 24.3 Å². The first kappa shape index (κ1) is 8.72. The van der Waals surface area contributed by atoms with Crippen molar-refractivity contribution in [1.29, 1.82) is 0 Å². The molecule has 1 aliphatic rings. The number of aryl methyl sites for hydroxylation is 1. The Morgan fingerprint density at radius 1 is 1.33 bits per heavy atom. The highest BCUT2D eigenvalue weighted by molar-refractivity contribution is 6.06. The molecule has 1 unspecified atom stereocenters. The van der Waals surface area contributed by atoms with Gasteiger partial charge in [0.25, 0.3) is 0 Å². The van der Waals surface area contributed by atoms with E-state index in [1.165, 1.54) is 16.5 Å². The minimum atomic E-state index is 0.288. The smallest absolute Gasteiger partial charge is 0.180 e. The molecule has 1 atom stereocenters. The summed E-state index contributed by atoms with van der Waals surface area (Å²) in [5.74, 6) is 0.662. The number of hydrogen-bond donors (Lipinski definition) is 0. The van der Waals surface area contributed by atoms with Crippen LogP contribution in [0.3, 0.4) is 0 Å². The molecule has 0 aliphatic heterocycles. The van der Waals surface area contributed by atoms with E-state index < -0.39 is 0 Å². The topological polar surface area (TPSA) is 22.0 Å². The molecular formula is C13H13NO. The van der Waals surface area contributed by atoms with Gasteiger partial charge < -0.3 is 4.57 Å². The third kappa shape index (κ3) is 0.965. The van der Waals surface area contributed by atoms with E-state index >= 15 is 0 Å². The van der Waals surface area contributed by atoms with Crippen LogP contribution in [0.5, 0.6) is 0 Å². The summed E-state index contributed by atoms with van der Waals surface area (Å²) in [6.45, 7) is 2.14. The molecule has 0 saturated carbocycles. The van der Waals surface area contributed by atoms with E-state index in [4.69, 9.17) is 0 Å². The molecule has 0 saturated heterocycles. The van der Waals surface area contributed by atoms with Gasteiger partial charge in [0.2, 0.25) is 0 Å². The second kappa shape index (κ2) is 2.72. The van der Waals surface area contributed by atoms with E-state index in [0.717, 1.165) is 5.69 Å². The van der Waals surface area contributed by atoms with Crippen molar-refractivity contribution in [3.63, 3.8) is 0 Å². The normalized spacial score (nSPS) is 19.9. The Kier molecular flexibility index (Phi) is 1.58. The monoisotopic (exact) mass is 199 g/mol. The first-order valence-electron chi connectivity index (χ1n) is 5.30. The molecule has 2 heteroatoms. The van der Waals surface area contributed by atoms with Crippen molar-refractivity contribution in [3.05, 3.63) is 35.5 Å². The number of carbonyl (C=O) groups excluding carboxylic acids is 1. The van der Waals surface area contributed by atoms with Gasteiger partial charge in [-0.15, -0.1) is 0 Å². The Balaban J connectivity index is 2.50. The van der Waals surface area contributed by atoms with E-state index in [2.05, 4.69) is 19.1 Å². The molecule has 0 spiro atoms. The Bertz CT molecular complexity index is 565. The van der Waals surface area contributed by atoms with Gasteiger partial charge in [0.15, 0.2) is 5.78 Å². The van der Waals surface area contributed by atoms with E-state index in [0.29, 0.717) is 12.3 Å². The van der Waals surface area contributed by atoms with Crippen LogP contribution in [0.4, 0.5) is 0 Å². The van der Waals surface area contributed by atoms with Crippen LogP contribution < -0.4 is 0 Å². The fourth-order valence-electron chi connectivity index (χ4n) is 2.74. The summed E-state index contributed by atoms with van der Waals surface area (Å²) >= 11 is 0. The lowest BCUT2D eigenvalue weighted by molar-refractivity contribution is 0.0983. The molecule has 0 N–H and O–H groups in total.